The van der Waals surface area contributed by atoms with Crippen molar-refractivity contribution in [1.29, 1.82) is 0 Å². The number of ether oxygens (including phenoxy) is 3. The second kappa shape index (κ2) is 38.1. The lowest BCUT2D eigenvalue weighted by atomic mass is 9.93. The minimum Gasteiger partial charge on any atom is -0.465 e. The molecule has 324 valence electrons. The van der Waals surface area contributed by atoms with Gasteiger partial charge in [-0.25, -0.2) is 4.98 Å². The number of esters is 1. The number of carbonyl (C=O) groups is 1. The van der Waals surface area contributed by atoms with Crippen LogP contribution in [-0.2, 0) is 25.5 Å². The lowest BCUT2D eigenvalue weighted by Crippen LogP contribution is -2.29. The van der Waals surface area contributed by atoms with Crippen molar-refractivity contribution in [3.05, 3.63) is 18.2 Å². The van der Waals surface area contributed by atoms with Gasteiger partial charge in [0.25, 0.3) is 0 Å². The second-order valence-corrected chi connectivity index (χ2v) is 16.7. The Morgan fingerprint density at radius 3 is 1.60 bits per heavy atom. The Balaban J connectivity index is 2.59. The van der Waals surface area contributed by atoms with Crippen LogP contribution >= 0.6 is 0 Å². The molecule has 0 saturated heterocycles. The van der Waals surface area contributed by atoms with Gasteiger partial charge in [-0.3, -0.25) is 4.79 Å². The molecule has 3 unspecified atom stereocenters. The lowest BCUT2D eigenvalue weighted by molar-refractivity contribution is -0.160. The van der Waals surface area contributed by atoms with E-state index in [1.54, 1.807) is 0 Å². The van der Waals surface area contributed by atoms with E-state index < -0.39 is 0 Å². The van der Waals surface area contributed by atoms with E-state index in [1.165, 1.54) is 128 Å². The molecule has 0 spiro atoms. The highest BCUT2D eigenvalue weighted by atomic mass is 16.7. The van der Waals surface area contributed by atoms with Crippen molar-refractivity contribution >= 4 is 5.97 Å². The van der Waals surface area contributed by atoms with Crippen LogP contribution in [0, 0.1) is 18.8 Å². The molecule has 1 aromatic rings. The minimum atomic E-state index is -0.0868. The van der Waals surface area contributed by atoms with E-state index in [2.05, 4.69) is 55.3 Å². The number of unbranched alkanes of at least 4 members (excludes halogenated alkanes) is 18. The highest BCUT2D eigenvalue weighted by Crippen LogP contribution is 2.25. The van der Waals surface area contributed by atoms with Gasteiger partial charge in [-0.1, -0.05) is 156 Å². The summed E-state index contributed by atoms with van der Waals surface area (Å²) in [5.41, 5.74) is 0. The van der Waals surface area contributed by atoms with Gasteiger partial charge >= 0.3 is 5.97 Å². The zero-order valence-corrected chi connectivity index (χ0v) is 37.6. The highest BCUT2D eigenvalue weighted by Gasteiger charge is 2.22. The largest absolute Gasteiger partial charge is 0.465 e. The van der Waals surface area contributed by atoms with E-state index in [0.717, 1.165) is 96.4 Å². The smallest absolute Gasteiger partial charge is 0.308 e. The van der Waals surface area contributed by atoms with Gasteiger partial charge in [0.05, 0.1) is 12.5 Å². The predicted octanol–water partition coefficient (Wildman–Crippen LogP) is 13.7. The third kappa shape index (κ3) is 28.6. The summed E-state index contributed by atoms with van der Waals surface area (Å²) < 4.78 is 20.6. The van der Waals surface area contributed by atoms with Crippen LogP contribution in [0.4, 0.5) is 0 Å². The van der Waals surface area contributed by atoms with Crippen LogP contribution in [0.25, 0.3) is 0 Å². The zero-order valence-electron chi connectivity index (χ0n) is 37.6. The Hall–Kier alpha value is -1.44. The topological polar surface area (TPSA) is 65.8 Å². The van der Waals surface area contributed by atoms with Crippen molar-refractivity contribution in [2.75, 3.05) is 40.0 Å². The zero-order chi connectivity index (χ0) is 40.0. The Morgan fingerprint density at radius 1 is 0.618 bits per heavy atom. The van der Waals surface area contributed by atoms with Gasteiger partial charge < -0.3 is 23.7 Å². The third-order valence-corrected chi connectivity index (χ3v) is 11.7. The van der Waals surface area contributed by atoms with Gasteiger partial charge in [-0.05, 0) is 84.3 Å². The van der Waals surface area contributed by atoms with E-state index in [1.807, 2.05) is 13.3 Å². The van der Waals surface area contributed by atoms with Gasteiger partial charge in [0, 0.05) is 38.6 Å². The molecule has 0 aromatic carbocycles. The summed E-state index contributed by atoms with van der Waals surface area (Å²) in [4.78, 5) is 20.2. The van der Waals surface area contributed by atoms with E-state index in [0.29, 0.717) is 12.5 Å². The van der Waals surface area contributed by atoms with E-state index in [-0.39, 0.29) is 18.2 Å². The molecule has 0 bridgehead atoms. The van der Waals surface area contributed by atoms with Gasteiger partial charge in [0.15, 0.2) is 6.29 Å². The lowest BCUT2D eigenvalue weighted by Gasteiger charge is -2.27. The molecule has 3 atom stereocenters. The van der Waals surface area contributed by atoms with Crippen molar-refractivity contribution in [2.45, 2.75) is 234 Å². The first kappa shape index (κ1) is 51.6. The summed E-state index contributed by atoms with van der Waals surface area (Å²) in [6.45, 7) is 16.7. The number of carbonyl (C=O) groups excluding carboxylic acids is 1. The normalized spacial score (nSPS) is 13.4. The molecule has 0 aliphatic carbocycles. The number of hydrogen-bond donors (Lipinski definition) is 0. The van der Waals surface area contributed by atoms with Gasteiger partial charge in [-0.15, -0.1) is 0 Å². The first-order valence-electron chi connectivity index (χ1n) is 24.0. The van der Waals surface area contributed by atoms with Crippen LogP contribution in [0.3, 0.4) is 0 Å². The second-order valence-electron chi connectivity index (χ2n) is 16.7. The Kier molecular flexibility index (Phi) is 35.7. The fraction of sp³-hybridized carbons (Fsp3) is 0.917. The summed E-state index contributed by atoms with van der Waals surface area (Å²) in [5, 5.41) is 0. The average Bonchev–Trinajstić information content (AvgIpc) is 3.60. The van der Waals surface area contributed by atoms with Crippen molar-refractivity contribution in [1.82, 2.24) is 14.5 Å². The van der Waals surface area contributed by atoms with Gasteiger partial charge in [-0.2, -0.15) is 0 Å². The van der Waals surface area contributed by atoms with Crippen LogP contribution in [-0.4, -0.2) is 66.7 Å². The summed E-state index contributed by atoms with van der Waals surface area (Å²) in [7, 11) is 1.84. The maximum absolute atomic E-state index is 13.2. The quantitative estimate of drug-likeness (QED) is 0.0374. The standard InChI is InChI=1S/C48H93N3O4/c1-7-11-15-19-21-25-33-45(32-23-17-13-9-3)47(52)54-42-29-27-37-50(39-31-40-51-41-36-49-44(51)5)38-28-30-43-55-48(53-6)46(34-24-18-14-10-4)35-26-22-20-16-12-8-2/h36,41,45-46,48H,7-35,37-40,42-43H2,1-6H3. The van der Waals surface area contributed by atoms with Crippen molar-refractivity contribution in [3.63, 3.8) is 0 Å². The number of methoxy groups -OCH3 is 1. The molecule has 0 N–H and O–H groups in total. The summed E-state index contributed by atoms with van der Waals surface area (Å²) in [6, 6.07) is 0. The number of imidazole rings is 1. The highest BCUT2D eigenvalue weighted by molar-refractivity contribution is 5.72. The molecule has 1 aromatic heterocycles. The SMILES string of the molecule is CCCCCCCCC(CCCCCC)C(=O)OCCCCN(CCCCOC(OC)C(CCCCCC)CCCCCCCC)CCCn1ccnc1C. The molecule has 7 nitrogen and oxygen atoms in total. The molecule has 7 heteroatoms. The third-order valence-electron chi connectivity index (χ3n) is 11.7. The van der Waals surface area contributed by atoms with Crippen LogP contribution in [0.2, 0.25) is 0 Å². The fourth-order valence-corrected chi connectivity index (χ4v) is 8.01. The number of aryl methyl sites for hydroxylation is 2. The van der Waals surface area contributed by atoms with Crippen LogP contribution in [0.5, 0.6) is 0 Å². The maximum Gasteiger partial charge on any atom is 0.308 e. The predicted molar refractivity (Wildman–Crippen MR) is 235 cm³/mol. The molecule has 1 rings (SSSR count). The molecule has 0 fully saturated rings. The van der Waals surface area contributed by atoms with Gasteiger partial charge in [0.2, 0.25) is 0 Å². The van der Waals surface area contributed by atoms with E-state index in [4.69, 9.17) is 14.2 Å². The molecule has 0 radical (unpaired) electrons. The average molecular weight is 776 g/mol. The maximum atomic E-state index is 13.2. The molecule has 0 saturated carbocycles. The number of hydrogen-bond acceptors (Lipinski definition) is 6. The molecule has 55 heavy (non-hydrogen) atoms. The summed E-state index contributed by atoms with van der Waals surface area (Å²) >= 11 is 0. The Bertz CT molecular complexity index is 955. The van der Waals surface area contributed by atoms with Crippen LogP contribution in [0.1, 0.15) is 220 Å². The number of aromatic nitrogens is 2. The van der Waals surface area contributed by atoms with Crippen molar-refractivity contribution < 1.29 is 19.0 Å². The summed E-state index contributed by atoms with van der Waals surface area (Å²) in [5.74, 6) is 1.72. The molecule has 0 aliphatic heterocycles. The van der Waals surface area contributed by atoms with Crippen molar-refractivity contribution in [2.24, 2.45) is 11.8 Å². The summed E-state index contributed by atoms with van der Waals surface area (Å²) in [6.07, 6.45) is 39.3. The fourth-order valence-electron chi connectivity index (χ4n) is 8.01. The molecular weight excluding hydrogens is 683 g/mol. The van der Waals surface area contributed by atoms with E-state index >= 15 is 0 Å². The molecule has 1 heterocycles. The molecule has 0 amide bonds. The molecule has 0 aliphatic rings. The first-order valence-corrected chi connectivity index (χ1v) is 24.0. The van der Waals surface area contributed by atoms with Crippen LogP contribution in [0.15, 0.2) is 12.4 Å². The Morgan fingerprint density at radius 2 is 1.09 bits per heavy atom. The first-order chi connectivity index (χ1) is 27.0. The van der Waals surface area contributed by atoms with Crippen molar-refractivity contribution in [3.8, 4) is 0 Å². The van der Waals surface area contributed by atoms with Gasteiger partial charge in [0.1, 0.15) is 5.82 Å². The number of nitrogens with zero attached hydrogens (tertiary/aromatic N) is 3. The van der Waals surface area contributed by atoms with Crippen LogP contribution < -0.4 is 0 Å². The number of rotatable bonds is 42. The minimum absolute atomic E-state index is 0.0575. The monoisotopic (exact) mass is 776 g/mol. The molecular formula is C48H93N3O4. The van der Waals surface area contributed by atoms with E-state index in [9.17, 15) is 4.79 Å². The Labute approximate surface area is 342 Å².